The highest BCUT2D eigenvalue weighted by Gasteiger charge is 2.58. The van der Waals surface area contributed by atoms with Gasteiger partial charge in [-0.15, -0.1) is 11.8 Å². The average molecular weight is 482 g/mol. The first kappa shape index (κ1) is 23.7. The van der Waals surface area contributed by atoms with Crippen LogP contribution < -0.4 is 5.32 Å². The fraction of sp³-hybridized carbons (Fsp3) is 0.536. The SMILES string of the molecule is CSc1cccc([C@]23CC[C@@H](N(CCCN4CCCC4)C(=O)Nc4cccc(F)c4)CC2C3)c1. The molecule has 1 N–H and O–H groups in total. The summed E-state index contributed by atoms with van der Waals surface area (Å²) >= 11 is 1.80. The van der Waals surface area contributed by atoms with E-state index in [0.29, 0.717) is 17.0 Å². The molecule has 2 amide bonds. The second-order valence-electron chi connectivity index (χ2n) is 10.3. The van der Waals surface area contributed by atoms with E-state index in [2.05, 4.69) is 45.6 Å². The summed E-state index contributed by atoms with van der Waals surface area (Å²) in [6.07, 6.45) is 10.1. The van der Waals surface area contributed by atoms with Gasteiger partial charge in [-0.05, 0) is 118 Å². The van der Waals surface area contributed by atoms with E-state index in [1.165, 1.54) is 54.9 Å². The minimum atomic E-state index is -0.328. The summed E-state index contributed by atoms with van der Waals surface area (Å²) in [5.74, 6) is 0.317. The van der Waals surface area contributed by atoms with Gasteiger partial charge < -0.3 is 15.1 Å². The Morgan fingerprint density at radius 2 is 2.03 bits per heavy atom. The van der Waals surface area contributed by atoms with Gasteiger partial charge in [-0.25, -0.2) is 9.18 Å². The standard InChI is InChI=1S/C28H36FN3OS/c1-34-26-10-4-7-21(18-26)28-12-11-25(17-22(28)20-28)32(16-6-15-31-13-2-3-14-31)27(33)30-24-9-5-8-23(29)19-24/h4-5,7-10,18-19,22,25H,2-3,6,11-17,20H2,1H3,(H,30,33)/t22?,25-,28-/m1/s1. The summed E-state index contributed by atoms with van der Waals surface area (Å²) < 4.78 is 13.7. The van der Waals surface area contributed by atoms with Crippen LogP contribution in [0.2, 0.25) is 0 Å². The Hall–Kier alpha value is -2.05. The van der Waals surface area contributed by atoms with E-state index in [1.54, 1.807) is 23.9 Å². The molecule has 34 heavy (non-hydrogen) atoms. The molecule has 1 heterocycles. The van der Waals surface area contributed by atoms with Crippen LogP contribution in [-0.4, -0.2) is 54.3 Å². The van der Waals surface area contributed by atoms with E-state index < -0.39 is 0 Å². The maximum atomic E-state index is 13.7. The number of nitrogens with zero attached hydrogens (tertiary/aromatic N) is 2. The molecular weight excluding hydrogens is 445 g/mol. The number of amides is 2. The van der Waals surface area contributed by atoms with Gasteiger partial charge in [0.15, 0.2) is 0 Å². The Morgan fingerprint density at radius 1 is 1.21 bits per heavy atom. The van der Waals surface area contributed by atoms with Gasteiger partial charge in [-0.1, -0.05) is 18.2 Å². The average Bonchev–Trinajstić information content (AvgIpc) is 3.36. The van der Waals surface area contributed by atoms with E-state index in [-0.39, 0.29) is 17.9 Å². The predicted octanol–water partition coefficient (Wildman–Crippen LogP) is 6.38. The molecule has 3 aliphatic rings. The van der Waals surface area contributed by atoms with Crippen molar-refractivity contribution >= 4 is 23.5 Å². The van der Waals surface area contributed by atoms with Crippen molar-refractivity contribution in [3.8, 4) is 0 Å². The van der Waals surface area contributed by atoms with Gasteiger partial charge in [0.25, 0.3) is 0 Å². The summed E-state index contributed by atoms with van der Waals surface area (Å²) in [4.78, 5) is 19.3. The molecule has 3 fully saturated rings. The van der Waals surface area contributed by atoms with Gasteiger partial charge in [-0.2, -0.15) is 0 Å². The summed E-state index contributed by atoms with van der Waals surface area (Å²) in [5.41, 5.74) is 2.32. The molecule has 0 radical (unpaired) electrons. The molecular formula is C28H36FN3OS. The molecule has 6 heteroatoms. The number of hydrogen-bond acceptors (Lipinski definition) is 3. The third-order valence-electron chi connectivity index (χ3n) is 8.21. The molecule has 0 bridgehead atoms. The lowest BCUT2D eigenvalue weighted by Gasteiger charge is -2.37. The van der Waals surface area contributed by atoms with E-state index in [9.17, 15) is 9.18 Å². The molecule has 0 spiro atoms. The van der Waals surface area contributed by atoms with E-state index in [1.807, 2.05) is 0 Å². The number of nitrogens with one attached hydrogen (secondary N) is 1. The monoisotopic (exact) mass is 481 g/mol. The first-order chi connectivity index (χ1) is 16.6. The maximum absolute atomic E-state index is 13.7. The predicted molar refractivity (Wildman–Crippen MR) is 138 cm³/mol. The second kappa shape index (κ2) is 10.3. The molecule has 2 saturated carbocycles. The zero-order valence-electron chi connectivity index (χ0n) is 20.1. The van der Waals surface area contributed by atoms with Crippen LogP contribution in [-0.2, 0) is 5.41 Å². The van der Waals surface area contributed by atoms with Gasteiger partial charge in [0.05, 0.1) is 0 Å². The van der Waals surface area contributed by atoms with Crippen LogP contribution in [0, 0.1) is 11.7 Å². The number of likely N-dealkylation sites (tertiary alicyclic amines) is 1. The Bertz CT molecular complexity index is 1010. The molecule has 3 atom stereocenters. The van der Waals surface area contributed by atoms with Crippen molar-refractivity contribution in [1.82, 2.24) is 9.80 Å². The largest absolute Gasteiger partial charge is 0.322 e. The van der Waals surface area contributed by atoms with Gasteiger partial charge in [0.1, 0.15) is 5.82 Å². The van der Waals surface area contributed by atoms with Crippen LogP contribution in [0.15, 0.2) is 53.4 Å². The van der Waals surface area contributed by atoms with Gasteiger partial charge in [0.2, 0.25) is 0 Å². The van der Waals surface area contributed by atoms with Crippen LogP contribution in [0.25, 0.3) is 0 Å². The van der Waals surface area contributed by atoms with E-state index >= 15 is 0 Å². The number of rotatable bonds is 8. The Labute approximate surface area is 207 Å². The third-order valence-corrected chi connectivity index (χ3v) is 8.93. The molecule has 0 aromatic heterocycles. The quantitative estimate of drug-likeness (QED) is 0.445. The van der Waals surface area contributed by atoms with Crippen LogP contribution in [0.4, 0.5) is 14.9 Å². The van der Waals surface area contributed by atoms with Crippen molar-refractivity contribution in [2.75, 3.05) is 37.8 Å². The number of fused-ring (bicyclic) bond motifs is 1. The van der Waals surface area contributed by atoms with Crippen LogP contribution in [0.5, 0.6) is 0 Å². The lowest BCUT2D eigenvalue weighted by Crippen LogP contribution is -2.46. The van der Waals surface area contributed by atoms with Gasteiger partial charge in [0, 0.05) is 23.2 Å². The zero-order chi connectivity index (χ0) is 23.5. The number of carbonyl (C=O) groups excluding carboxylic acids is 1. The molecule has 2 aromatic carbocycles. The van der Waals surface area contributed by atoms with Crippen molar-refractivity contribution in [1.29, 1.82) is 0 Å². The summed E-state index contributed by atoms with van der Waals surface area (Å²) in [5, 5.41) is 2.97. The number of urea groups is 1. The van der Waals surface area contributed by atoms with Crippen LogP contribution in [0.3, 0.4) is 0 Å². The molecule has 1 unspecified atom stereocenters. The number of anilines is 1. The van der Waals surface area contributed by atoms with Gasteiger partial charge in [-0.3, -0.25) is 0 Å². The fourth-order valence-electron chi connectivity index (χ4n) is 6.26. The molecule has 4 nitrogen and oxygen atoms in total. The van der Waals surface area contributed by atoms with Crippen molar-refractivity contribution < 1.29 is 9.18 Å². The van der Waals surface area contributed by atoms with E-state index in [0.717, 1.165) is 38.8 Å². The number of halogens is 1. The van der Waals surface area contributed by atoms with Gasteiger partial charge >= 0.3 is 6.03 Å². The third kappa shape index (κ3) is 5.13. The van der Waals surface area contributed by atoms with Crippen molar-refractivity contribution in [3.63, 3.8) is 0 Å². The summed E-state index contributed by atoms with van der Waals surface area (Å²) in [6.45, 7) is 4.16. The lowest BCUT2D eigenvalue weighted by molar-refractivity contribution is 0.156. The van der Waals surface area contributed by atoms with Crippen molar-refractivity contribution in [2.24, 2.45) is 5.92 Å². The fourth-order valence-corrected chi connectivity index (χ4v) is 6.72. The highest BCUT2D eigenvalue weighted by Crippen LogP contribution is 2.63. The minimum Gasteiger partial charge on any atom is -0.321 e. The van der Waals surface area contributed by atoms with E-state index in [4.69, 9.17) is 0 Å². The molecule has 5 rings (SSSR count). The number of hydrogen-bond donors (Lipinski definition) is 1. The van der Waals surface area contributed by atoms with Crippen LogP contribution in [0.1, 0.15) is 50.5 Å². The summed E-state index contributed by atoms with van der Waals surface area (Å²) in [6, 6.07) is 15.4. The number of carbonyl (C=O) groups is 1. The topological polar surface area (TPSA) is 35.6 Å². The highest BCUT2D eigenvalue weighted by molar-refractivity contribution is 7.98. The zero-order valence-corrected chi connectivity index (χ0v) is 21.0. The molecule has 2 aromatic rings. The van der Waals surface area contributed by atoms with Crippen molar-refractivity contribution in [2.45, 2.75) is 61.3 Å². The highest BCUT2D eigenvalue weighted by atomic mass is 32.2. The molecule has 1 aliphatic heterocycles. The number of thioether (sulfide) groups is 1. The lowest BCUT2D eigenvalue weighted by atomic mass is 9.80. The second-order valence-corrected chi connectivity index (χ2v) is 11.1. The molecule has 1 saturated heterocycles. The Kier molecular flexibility index (Phi) is 7.16. The minimum absolute atomic E-state index is 0.0884. The summed E-state index contributed by atoms with van der Waals surface area (Å²) in [7, 11) is 0. The first-order valence-corrected chi connectivity index (χ1v) is 14.0. The smallest absolute Gasteiger partial charge is 0.321 e. The molecule has 2 aliphatic carbocycles. The Morgan fingerprint density at radius 3 is 2.79 bits per heavy atom. The van der Waals surface area contributed by atoms with Crippen molar-refractivity contribution in [3.05, 3.63) is 59.9 Å². The van der Waals surface area contributed by atoms with Crippen LogP contribution >= 0.6 is 11.8 Å². The normalized spacial score (nSPS) is 26.2. The molecule has 182 valence electrons. The maximum Gasteiger partial charge on any atom is 0.322 e. The Balaban J connectivity index is 1.26. The first-order valence-electron chi connectivity index (χ1n) is 12.8. The number of benzene rings is 2.